The van der Waals surface area contributed by atoms with E-state index in [4.69, 9.17) is 5.73 Å². The lowest BCUT2D eigenvalue weighted by Gasteiger charge is -2.14. The molecule has 1 fully saturated rings. The van der Waals surface area contributed by atoms with Crippen LogP contribution < -0.4 is 5.73 Å². The molecule has 84 valence electrons. The minimum atomic E-state index is 0.300. The second-order valence-electron chi connectivity index (χ2n) is 5.14. The fraction of sp³-hybridized carbons (Fsp3) is 0.429. The Bertz CT molecular complexity index is 547. The summed E-state index contributed by atoms with van der Waals surface area (Å²) in [6, 6.07) is 6.84. The van der Waals surface area contributed by atoms with Crippen molar-refractivity contribution in [2.45, 2.75) is 25.2 Å². The number of hydrogen-bond acceptors (Lipinski definition) is 1. The lowest BCUT2D eigenvalue weighted by atomic mass is 9.93. The molecule has 0 saturated heterocycles. The predicted octanol–water partition coefficient (Wildman–Crippen LogP) is 2.48. The summed E-state index contributed by atoms with van der Waals surface area (Å²) in [5.41, 5.74) is 10.3. The summed E-state index contributed by atoms with van der Waals surface area (Å²) in [6.07, 6.45) is 4.63. The van der Waals surface area contributed by atoms with Gasteiger partial charge in [-0.25, -0.2) is 0 Å². The first-order valence-electron chi connectivity index (χ1n) is 5.92. The Labute approximate surface area is 96.1 Å². The number of rotatable bonds is 2. The normalized spacial score (nSPS) is 17.9. The average Bonchev–Trinajstić information content (AvgIpc) is 2.99. The van der Waals surface area contributed by atoms with E-state index in [0.29, 0.717) is 5.41 Å². The maximum atomic E-state index is 5.89. The molecule has 2 heteroatoms. The van der Waals surface area contributed by atoms with Crippen LogP contribution in [0.5, 0.6) is 0 Å². The van der Waals surface area contributed by atoms with E-state index in [1.54, 1.807) is 0 Å². The highest BCUT2D eigenvalue weighted by Gasteiger charge is 2.43. The molecule has 0 radical (unpaired) electrons. The Hall–Kier alpha value is -1.28. The molecule has 2 nitrogen and oxygen atoms in total. The van der Waals surface area contributed by atoms with Crippen molar-refractivity contribution in [3.05, 3.63) is 35.5 Å². The van der Waals surface area contributed by atoms with E-state index in [1.807, 2.05) is 0 Å². The van der Waals surface area contributed by atoms with Crippen molar-refractivity contribution in [2.75, 3.05) is 6.54 Å². The number of aromatic nitrogens is 1. The van der Waals surface area contributed by atoms with Crippen molar-refractivity contribution in [3.8, 4) is 0 Å². The van der Waals surface area contributed by atoms with Gasteiger partial charge >= 0.3 is 0 Å². The molecule has 0 spiro atoms. The van der Waals surface area contributed by atoms with Gasteiger partial charge in [-0.15, -0.1) is 0 Å². The van der Waals surface area contributed by atoms with E-state index >= 15 is 0 Å². The Morgan fingerprint density at radius 3 is 2.75 bits per heavy atom. The molecular weight excluding hydrogens is 196 g/mol. The van der Waals surface area contributed by atoms with Gasteiger partial charge in [0, 0.05) is 30.6 Å². The van der Waals surface area contributed by atoms with Crippen LogP contribution in [0.1, 0.15) is 24.0 Å². The van der Waals surface area contributed by atoms with Gasteiger partial charge in [0.1, 0.15) is 0 Å². The van der Waals surface area contributed by atoms with Crippen molar-refractivity contribution in [3.63, 3.8) is 0 Å². The van der Waals surface area contributed by atoms with E-state index in [-0.39, 0.29) is 0 Å². The summed E-state index contributed by atoms with van der Waals surface area (Å²) in [7, 11) is 2.10. The zero-order valence-electron chi connectivity index (χ0n) is 9.96. The van der Waals surface area contributed by atoms with Gasteiger partial charge in [-0.1, -0.05) is 6.07 Å². The molecule has 0 bridgehead atoms. The summed E-state index contributed by atoms with van der Waals surface area (Å²) in [6.45, 7) is 2.98. The minimum Gasteiger partial charge on any atom is -0.350 e. The molecule has 0 aliphatic heterocycles. The Morgan fingerprint density at radius 2 is 2.12 bits per heavy atom. The zero-order chi connectivity index (χ0) is 11.3. The van der Waals surface area contributed by atoms with E-state index in [0.717, 1.165) is 6.54 Å². The second kappa shape index (κ2) is 3.11. The zero-order valence-corrected chi connectivity index (χ0v) is 9.96. The first-order valence-corrected chi connectivity index (χ1v) is 5.92. The fourth-order valence-corrected chi connectivity index (χ4v) is 2.75. The van der Waals surface area contributed by atoms with Crippen LogP contribution in [0.15, 0.2) is 24.4 Å². The Balaban J connectivity index is 2.22. The average molecular weight is 214 g/mol. The van der Waals surface area contributed by atoms with Crippen molar-refractivity contribution in [2.24, 2.45) is 12.8 Å². The van der Waals surface area contributed by atoms with Crippen LogP contribution in [0.3, 0.4) is 0 Å². The number of aryl methyl sites for hydroxylation is 2. The van der Waals surface area contributed by atoms with Gasteiger partial charge in [-0.2, -0.15) is 0 Å². The molecule has 0 unspecified atom stereocenters. The van der Waals surface area contributed by atoms with Crippen LogP contribution >= 0.6 is 0 Å². The molecule has 1 aromatic heterocycles. The summed E-state index contributed by atoms with van der Waals surface area (Å²) in [5, 5.41) is 1.34. The third-order valence-corrected chi connectivity index (χ3v) is 4.02. The highest BCUT2D eigenvalue weighted by Crippen LogP contribution is 2.48. The molecule has 2 aromatic rings. The number of nitrogens with zero attached hydrogens (tertiary/aromatic N) is 1. The van der Waals surface area contributed by atoms with Crippen LogP contribution in [-0.2, 0) is 12.5 Å². The van der Waals surface area contributed by atoms with Crippen molar-refractivity contribution in [1.29, 1.82) is 0 Å². The standard InChI is InChI=1S/C14H18N2/c1-10-7-12(14(9-15)4-5-14)8-11-3-6-16(2)13(10)11/h3,6-8H,4-5,9,15H2,1-2H3. The molecule has 1 saturated carbocycles. The smallest absolute Gasteiger partial charge is 0.0507 e. The molecule has 1 heterocycles. The minimum absolute atomic E-state index is 0.300. The third kappa shape index (κ3) is 1.23. The monoisotopic (exact) mass is 214 g/mol. The van der Waals surface area contributed by atoms with Crippen LogP contribution in [0.25, 0.3) is 10.9 Å². The quantitative estimate of drug-likeness (QED) is 0.818. The highest BCUT2D eigenvalue weighted by atomic mass is 14.9. The van der Waals surface area contributed by atoms with Gasteiger partial charge in [0.2, 0.25) is 0 Å². The molecule has 1 aliphatic rings. The second-order valence-corrected chi connectivity index (χ2v) is 5.14. The summed E-state index contributed by atoms with van der Waals surface area (Å²) in [5.74, 6) is 0. The van der Waals surface area contributed by atoms with E-state index in [9.17, 15) is 0 Å². The van der Waals surface area contributed by atoms with Crippen molar-refractivity contribution < 1.29 is 0 Å². The van der Waals surface area contributed by atoms with Gasteiger partial charge < -0.3 is 10.3 Å². The maximum absolute atomic E-state index is 5.89. The molecule has 1 aliphatic carbocycles. The van der Waals surface area contributed by atoms with Crippen LogP contribution in [0.4, 0.5) is 0 Å². The number of fused-ring (bicyclic) bond motifs is 1. The van der Waals surface area contributed by atoms with E-state index in [2.05, 4.69) is 42.9 Å². The molecule has 1 aromatic carbocycles. The first kappa shape index (κ1) is 9.91. The molecular formula is C14H18N2. The topological polar surface area (TPSA) is 30.9 Å². The predicted molar refractivity (Wildman–Crippen MR) is 67.6 cm³/mol. The Kier molecular flexibility index (Phi) is 1.93. The lowest BCUT2D eigenvalue weighted by molar-refractivity contribution is 0.705. The number of nitrogens with two attached hydrogens (primary N) is 1. The van der Waals surface area contributed by atoms with E-state index < -0.39 is 0 Å². The highest BCUT2D eigenvalue weighted by molar-refractivity contribution is 5.84. The molecule has 0 amide bonds. The van der Waals surface area contributed by atoms with Gasteiger partial charge in [0.05, 0.1) is 5.52 Å². The molecule has 2 N–H and O–H groups in total. The fourth-order valence-electron chi connectivity index (χ4n) is 2.75. The number of hydrogen-bond donors (Lipinski definition) is 1. The van der Waals surface area contributed by atoms with Gasteiger partial charge in [-0.05, 0) is 43.0 Å². The van der Waals surface area contributed by atoms with E-state index in [1.165, 1.54) is 34.9 Å². The molecule has 0 atom stereocenters. The summed E-state index contributed by atoms with van der Waals surface area (Å²) < 4.78 is 2.19. The largest absolute Gasteiger partial charge is 0.350 e. The van der Waals surface area contributed by atoms with Crippen LogP contribution in [0.2, 0.25) is 0 Å². The summed E-state index contributed by atoms with van der Waals surface area (Å²) in [4.78, 5) is 0. The maximum Gasteiger partial charge on any atom is 0.0507 e. The van der Waals surface area contributed by atoms with Crippen LogP contribution in [0, 0.1) is 6.92 Å². The number of benzene rings is 1. The Morgan fingerprint density at radius 1 is 1.38 bits per heavy atom. The lowest BCUT2D eigenvalue weighted by Crippen LogP contribution is -2.19. The van der Waals surface area contributed by atoms with Crippen molar-refractivity contribution >= 4 is 10.9 Å². The first-order chi connectivity index (χ1) is 7.66. The van der Waals surface area contributed by atoms with Crippen LogP contribution in [-0.4, -0.2) is 11.1 Å². The summed E-state index contributed by atoms with van der Waals surface area (Å²) >= 11 is 0. The molecule has 16 heavy (non-hydrogen) atoms. The SMILES string of the molecule is Cc1cc(C2(CN)CC2)cc2ccn(C)c12. The van der Waals surface area contributed by atoms with Gasteiger partial charge in [-0.3, -0.25) is 0 Å². The van der Waals surface area contributed by atoms with Gasteiger partial charge in [0.15, 0.2) is 0 Å². The third-order valence-electron chi connectivity index (χ3n) is 4.02. The van der Waals surface area contributed by atoms with Gasteiger partial charge in [0.25, 0.3) is 0 Å². The molecule has 3 rings (SSSR count). The van der Waals surface area contributed by atoms with Crippen molar-refractivity contribution in [1.82, 2.24) is 4.57 Å².